The van der Waals surface area contributed by atoms with Gasteiger partial charge >= 0.3 is 5.97 Å². The van der Waals surface area contributed by atoms with Crippen LogP contribution in [0.4, 0.5) is 0 Å². The molecule has 0 saturated carbocycles. The molecular formula is C17H25ClNO2+. The van der Waals surface area contributed by atoms with Crippen LogP contribution in [0.1, 0.15) is 50.4 Å². The van der Waals surface area contributed by atoms with Gasteiger partial charge in [0.1, 0.15) is 12.6 Å². The van der Waals surface area contributed by atoms with Gasteiger partial charge in [0, 0.05) is 0 Å². The van der Waals surface area contributed by atoms with E-state index in [9.17, 15) is 4.79 Å². The quantitative estimate of drug-likeness (QED) is 0.867. The van der Waals surface area contributed by atoms with E-state index in [2.05, 4.69) is 13.8 Å². The molecule has 3 nitrogen and oxygen atoms in total. The molecule has 1 fully saturated rings. The Balaban J connectivity index is 1.93. The number of carbonyl (C=O) groups is 1. The average Bonchev–Trinajstić information content (AvgIpc) is 2.43. The number of rotatable bonds is 4. The van der Waals surface area contributed by atoms with Crippen LogP contribution < -0.4 is 4.90 Å². The van der Waals surface area contributed by atoms with Gasteiger partial charge in [0.15, 0.2) is 0 Å². The third-order valence-corrected chi connectivity index (χ3v) is 4.79. The predicted molar refractivity (Wildman–Crippen MR) is 84.9 cm³/mol. The Hall–Kier alpha value is -1.06. The molecule has 0 bridgehead atoms. The molecule has 0 spiro atoms. The summed E-state index contributed by atoms with van der Waals surface area (Å²) >= 11 is 6.03. The van der Waals surface area contributed by atoms with Gasteiger partial charge in [0.05, 0.1) is 22.7 Å². The van der Waals surface area contributed by atoms with Crippen molar-refractivity contribution in [2.75, 3.05) is 6.54 Å². The van der Waals surface area contributed by atoms with Gasteiger partial charge in [0.25, 0.3) is 0 Å². The minimum absolute atomic E-state index is 0.105. The summed E-state index contributed by atoms with van der Waals surface area (Å²) in [6.45, 7) is 7.40. The van der Waals surface area contributed by atoms with Gasteiger partial charge in [-0.3, -0.25) is 0 Å². The van der Waals surface area contributed by atoms with Crippen molar-refractivity contribution in [3.63, 3.8) is 0 Å². The summed E-state index contributed by atoms with van der Waals surface area (Å²) < 4.78 is 5.57. The molecule has 1 saturated heterocycles. The number of piperidine rings is 1. The van der Waals surface area contributed by atoms with Crippen molar-refractivity contribution in [1.29, 1.82) is 0 Å². The highest BCUT2D eigenvalue weighted by atomic mass is 35.5. The first-order valence-corrected chi connectivity index (χ1v) is 8.18. The van der Waals surface area contributed by atoms with Crippen molar-refractivity contribution < 1.29 is 14.4 Å². The fourth-order valence-corrected chi connectivity index (χ4v) is 3.45. The highest BCUT2D eigenvalue weighted by Gasteiger charge is 2.30. The molecule has 3 atom stereocenters. The zero-order valence-electron chi connectivity index (χ0n) is 13.1. The molecular weight excluding hydrogens is 286 g/mol. The van der Waals surface area contributed by atoms with Crippen molar-refractivity contribution in [3.05, 3.63) is 34.9 Å². The zero-order valence-corrected chi connectivity index (χ0v) is 13.8. The van der Waals surface area contributed by atoms with E-state index in [0.29, 0.717) is 22.7 Å². The number of esters is 1. The third-order valence-electron chi connectivity index (χ3n) is 4.47. The van der Waals surface area contributed by atoms with Crippen LogP contribution in [-0.4, -0.2) is 30.7 Å². The van der Waals surface area contributed by atoms with E-state index in [1.807, 2.05) is 13.0 Å². The van der Waals surface area contributed by atoms with E-state index < -0.39 is 0 Å². The summed E-state index contributed by atoms with van der Waals surface area (Å²) in [4.78, 5) is 13.7. The topological polar surface area (TPSA) is 30.7 Å². The number of nitrogens with one attached hydrogen (secondary N) is 1. The Labute approximate surface area is 132 Å². The van der Waals surface area contributed by atoms with Crippen molar-refractivity contribution in [1.82, 2.24) is 0 Å². The summed E-state index contributed by atoms with van der Waals surface area (Å²) in [7, 11) is 0. The highest BCUT2D eigenvalue weighted by molar-refractivity contribution is 6.33. The smallest absolute Gasteiger partial charge is 0.340 e. The van der Waals surface area contributed by atoms with E-state index in [4.69, 9.17) is 16.3 Å². The van der Waals surface area contributed by atoms with Gasteiger partial charge < -0.3 is 9.64 Å². The normalized spacial score (nSPS) is 27.1. The van der Waals surface area contributed by atoms with Crippen LogP contribution in [0.25, 0.3) is 0 Å². The van der Waals surface area contributed by atoms with Crippen molar-refractivity contribution in [2.45, 2.75) is 58.2 Å². The number of likely N-dealkylation sites (tertiary alicyclic amines) is 1. The number of halogens is 1. The second-order valence-corrected chi connectivity index (χ2v) is 6.62. The third kappa shape index (κ3) is 4.21. The second-order valence-electron chi connectivity index (χ2n) is 6.21. The van der Waals surface area contributed by atoms with Gasteiger partial charge in [-0.15, -0.1) is 0 Å². The Kier molecular flexibility index (Phi) is 5.65. The van der Waals surface area contributed by atoms with E-state index in [1.54, 1.807) is 23.1 Å². The van der Waals surface area contributed by atoms with Gasteiger partial charge in [-0.05, 0) is 52.2 Å². The number of ether oxygens (including phenoxy) is 1. The Morgan fingerprint density at radius 3 is 2.57 bits per heavy atom. The van der Waals surface area contributed by atoms with Crippen LogP contribution in [0.15, 0.2) is 24.3 Å². The molecule has 1 aromatic rings. The maximum atomic E-state index is 12.2. The minimum Gasteiger partial charge on any atom is -0.453 e. The van der Waals surface area contributed by atoms with Crippen LogP contribution in [0.3, 0.4) is 0 Å². The lowest BCUT2D eigenvalue weighted by molar-refractivity contribution is -0.953. The summed E-state index contributed by atoms with van der Waals surface area (Å²) in [5, 5.41) is 0.446. The molecule has 3 unspecified atom stereocenters. The van der Waals surface area contributed by atoms with Gasteiger partial charge in [-0.25, -0.2) is 4.79 Å². The van der Waals surface area contributed by atoms with Crippen LogP contribution in [0.5, 0.6) is 0 Å². The number of carbonyl (C=O) groups excluding carboxylic acids is 1. The Morgan fingerprint density at radius 2 is 1.95 bits per heavy atom. The molecule has 1 heterocycles. The summed E-state index contributed by atoms with van der Waals surface area (Å²) in [5.74, 6) is -0.329. The second kappa shape index (κ2) is 7.28. The monoisotopic (exact) mass is 310 g/mol. The molecule has 0 amide bonds. The summed E-state index contributed by atoms with van der Waals surface area (Å²) in [5.41, 5.74) is 0.445. The predicted octanol–water partition coefficient (Wildman–Crippen LogP) is 2.73. The first kappa shape index (κ1) is 16.3. The van der Waals surface area contributed by atoms with E-state index in [-0.39, 0.29) is 12.1 Å². The lowest BCUT2D eigenvalue weighted by Gasteiger charge is -2.37. The Bertz CT molecular complexity index is 481. The molecule has 0 aliphatic carbocycles. The molecule has 21 heavy (non-hydrogen) atoms. The van der Waals surface area contributed by atoms with E-state index in [0.717, 1.165) is 6.54 Å². The molecule has 0 radical (unpaired) electrons. The fourth-order valence-electron chi connectivity index (χ4n) is 3.24. The van der Waals surface area contributed by atoms with E-state index in [1.165, 1.54) is 19.3 Å². The lowest BCUT2D eigenvalue weighted by Crippen LogP contribution is -3.20. The maximum Gasteiger partial charge on any atom is 0.340 e. The summed E-state index contributed by atoms with van der Waals surface area (Å²) in [6, 6.07) is 8.29. The first-order valence-electron chi connectivity index (χ1n) is 7.80. The van der Waals surface area contributed by atoms with Gasteiger partial charge in [0.2, 0.25) is 0 Å². The van der Waals surface area contributed by atoms with E-state index >= 15 is 0 Å². The maximum absolute atomic E-state index is 12.2. The average molecular weight is 311 g/mol. The largest absolute Gasteiger partial charge is 0.453 e. The van der Waals surface area contributed by atoms with Crippen molar-refractivity contribution in [3.8, 4) is 0 Å². The van der Waals surface area contributed by atoms with Crippen LogP contribution >= 0.6 is 11.6 Å². The van der Waals surface area contributed by atoms with Crippen LogP contribution in [0, 0.1) is 0 Å². The van der Waals surface area contributed by atoms with Crippen molar-refractivity contribution in [2.24, 2.45) is 0 Å². The molecule has 1 aliphatic rings. The highest BCUT2D eigenvalue weighted by Crippen LogP contribution is 2.16. The molecule has 1 aromatic carbocycles. The number of quaternary nitrogens is 1. The molecule has 1 aliphatic heterocycles. The number of hydrogen-bond acceptors (Lipinski definition) is 2. The number of benzene rings is 1. The van der Waals surface area contributed by atoms with Crippen LogP contribution in [0.2, 0.25) is 5.02 Å². The SMILES string of the molecule is CC(C[NH+]1C(C)CCCC1C)OC(=O)c1ccccc1Cl. The first-order chi connectivity index (χ1) is 9.99. The van der Waals surface area contributed by atoms with Crippen LogP contribution in [-0.2, 0) is 4.74 Å². The number of hydrogen-bond donors (Lipinski definition) is 1. The summed E-state index contributed by atoms with van der Waals surface area (Å²) in [6.07, 6.45) is 3.71. The molecule has 116 valence electrons. The molecule has 4 heteroatoms. The fraction of sp³-hybridized carbons (Fsp3) is 0.588. The lowest BCUT2D eigenvalue weighted by atomic mass is 9.97. The molecule has 0 aromatic heterocycles. The molecule has 2 rings (SSSR count). The Morgan fingerprint density at radius 1 is 1.33 bits per heavy atom. The zero-order chi connectivity index (χ0) is 15.4. The molecule has 1 N–H and O–H groups in total. The standard InChI is InChI=1S/C17H24ClNO2/c1-12-7-6-8-13(2)19(12)11-14(3)21-17(20)15-9-4-5-10-16(15)18/h4-5,9-10,12-14H,6-8,11H2,1-3H3/p+1. The minimum atomic E-state index is -0.329. The van der Waals surface area contributed by atoms with Gasteiger partial charge in [-0.1, -0.05) is 23.7 Å². The van der Waals surface area contributed by atoms with Gasteiger partial charge in [-0.2, -0.15) is 0 Å². The van der Waals surface area contributed by atoms with Crippen molar-refractivity contribution >= 4 is 17.6 Å².